The van der Waals surface area contributed by atoms with Crippen molar-refractivity contribution in [3.8, 4) is 5.75 Å². The van der Waals surface area contributed by atoms with Crippen LogP contribution in [0, 0.1) is 5.92 Å². The molecule has 0 amide bonds. The number of pyridine rings is 1. The third kappa shape index (κ3) is 4.60. The lowest BCUT2D eigenvalue weighted by Gasteiger charge is -2.43. The first-order chi connectivity index (χ1) is 18.1. The molecule has 0 aliphatic carbocycles. The minimum absolute atomic E-state index is 0.104. The number of hydrogen-bond acceptors (Lipinski definition) is 6. The van der Waals surface area contributed by atoms with E-state index < -0.39 is 0 Å². The summed E-state index contributed by atoms with van der Waals surface area (Å²) in [5, 5.41) is 4.94. The summed E-state index contributed by atoms with van der Waals surface area (Å²) in [4.78, 5) is 32.0. The minimum atomic E-state index is -0.202. The van der Waals surface area contributed by atoms with Gasteiger partial charge in [0.15, 0.2) is 0 Å². The van der Waals surface area contributed by atoms with E-state index in [2.05, 4.69) is 27.1 Å². The van der Waals surface area contributed by atoms with Gasteiger partial charge in [0, 0.05) is 49.4 Å². The molecular formula is C29H29N5O3. The highest BCUT2D eigenvalue weighted by Gasteiger charge is 2.34. The van der Waals surface area contributed by atoms with E-state index in [0.717, 1.165) is 55.2 Å². The number of likely N-dealkylation sites (tertiary alicyclic amines) is 1. The number of piperidine rings is 1. The normalized spacial score (nSPS) is 19.3. The first-order valence-corrected chi connectivity index (χ1v) is 12.8. The van der Waals surface area contributed by atoms with Crippen LogP contribution in [-0.4, -0.2) is 45.0 Å². The number of ether oxygens (including phenoxy) is 1. The Kier molecular flexibility index (Phi) is 6.18. The molecule has 8 heteroatoms. The van der Waals surface area contributed by atoms with Gasteiger partial charge in [-0.05, 0) is 61.2 Å². The van der Waals surface area contributed by atoms with Crippen molar-refractivity contribution in [1.82, 2.24) is 19.1 Å². The molecule has 1 saturated heterocycles. The van der Waals surface area contributed by atoms with E-state index in [1.54, 1.807) is 18.3 Å². The molecule has 2 aliphatic heterocycles. The van der Waals surface area contributed by atoms with Crippen LogP contribution < -0.4 is 15.9 Å². The van der Waals surface area contributed by atoms with Gasteiger partial charge in [0.2, 0.25) is 0 Å². The van der Waals surface area contributed by atoms with Crippen molar-refractivity contribution in [3.63, 3.8) is 0 Å². The molecule has 188 valence electrons. The van der Waals surface area contributed by atoms with Crippen LogP contribution in [0.5, 0.6) is 5.75 Å². The second-order valence-electron chi connectivity index (χ2n) is 9.85. The quantitative estimate of drug-likeness (QED) is 0.383. The molecule has 1 fully saturated rings. The van der Waals surface area contributed by atoms with E-state index in [-0.39, 0.29) is 11.1 Å². The van der Waals surface area contributed by atoms with Crippen molar-refractivity contribution in [1.29, 1.82) is 0 Å². The molecule has 6 rings (SSSR count). The van der Waals surface area contributed by atoms with Gasteiger partial charge in [0.25, 0.3) is 11.1 Å². The SMILES string of the molecule is CCOc1ccc(/C=N/n2cnc3ccccc3c2=O)cc1CN1CC2CC(C1)c1cccc(=O)n1C2. The second-order valence-corrected chi connectivity index (χ2v) is 9.85. The zero-order valence-electron chi connectivity index (χ0n) is 20.8. The maximum atomic E-state index is 12.8. The highest BCUT2D eigenvalue weighted by molar-refractivity contribution is 5.81. The van der Waals surface area contributed by atoms with Gasteiger partial charge in [-0.25, -0.2) is 4.98 Å². The molecule has 2 unspecified atom stereocenters. The number of para-hydroxylation sites is 1. The van der Waals surface area contributed by atoms with Crippen LogP contribution in [0.3, 0.4) is 0 Å². The Bertz CT molecular complexity index is 1610. The summed E-state index contributed by atoms with van der Waals surface area (Å²) in [5.74, 6) is 1.67. The van der Waals surface area contributed by atoms with E-state index in [9.17, 15) is 9.59 Å². The molecule has 0 N–H and O–H groups in total. The summed E-state index contributed by atoms with van der Waals surface area (Å²) in [6, 6.07) is 18.9. The Hall–Kier alpha value is -4.04. The average Bonchev–Trinajstić information content (AvgIpc) is 2.90. The second kappa shape index (κ2) is 9.78. The van der Waals surface area contributed by atoms with Crippen molar-refractivity contribution in [3.05, 3.63) is 105 Å². The molecule has 2 aliphatic rings. The van der Waals surface area contributed by atoms with Gasteiger partial charge in [-0.1, -0.05) is 18.2 Å². The summed E-state index contributed by atoms with van der Waals surface area (Å²) in [7, 11) is 0. The van der Waals surface area contributed by atoms with Gasteiger partial charge < -0.3 is 9.30 Å². The van der Waals surface area contributed by atoms with Gasteiger partial charge >= 0.3 is 0 Å². The lowest BCUT2D eigenvalue weighted by atomic mass is 9.83. The maximum Gasteiger partial charge on any atom is 0.281 e. The molecular weight excluding hydrogens is 466 g/mol. The number of benzene rings is 2. The predicted molar refractivity (Wildman–Crippen MR) is 143 cm³/mol. The lowest BCUT2D eigenvalue weighted by molar-refractivity contribution is 0.113. The summed E-state index contributed by atoms with van der Waals surface area (Å²) in [5.41, 5.74) is 3.67. The van der Waals surface area contributed by atoms with Crippen molar-refractivity contribution in [2.45, 2.75) is 32.4 Å². The van der Waals surface area contributed by atoms with Crippen LogP contribution in [0.15, 0.2) is 81.7 Å². The summed E-state index contributed by atoms with van der Waals surface area (Å²) in [6.45, 7) is 5.94. The largest absolute Gasteiger partial charge is 0.494 e. The Balaban J connectivity index is 1.26. The Morgan fingerprint density at radius 1 is 1.05 bits per heavy atom. The highest BCUT2D eigenvalue weighted by atomic mass is 16.5. The van der Waals surface area contributed by atoms with Crippen molar-refractivity contribution < 1.29 is 4.74 Å². The van der Waals surface area contributed by atoms with E-state index >= 15 is 0 Å². The molecule has 0 saturated carbocycles. The molecule has 2 aromatic carbocycles. The summed E-state index contributed by atoms with van der Waals surface area (Å²) in [6.07, 6.45) is 4.26. The zero-order chi connectivity index (χ0) is 25.4. The number of fused-ring (bicyclic) bond motifs is 5. The maximum absolute atomic E-state index is 12.8. The first kappa shape index (κ1) is 23.4. The molecule has 2 atom stereocenters. The van der Waals surface area contributed by atoms with Crippen LogP contribution in [-0.2, 0) is 13.1 Å². The zero-order valence-corrected chi connectivity index (χ0v) is 20.8. The molecule has 37 heavy (non-hydrogen) atoms. The van der Waals surface area contributed by atoms with Crippen LogP contribution in [0.1, 0.15) is 36.1 Å². The summed E-state index contributed by atoms with van der Waals surface area (Å²) >= 11 is 0. The standard InChI is InChI=1S/C29H29N5O3/c1-2-37-27-11-10-20(14-31-34-19-30-25-7-4-3-6-24(25)29(34)36)12-23(27)18-32-15-21-13-22(17-32)26-8-5-9-28(35)33(26)16-21/h3-12,14,19,21-22H,2,13,15-18H2,1H3/b31-14+. The molecule has 4 aromatic rings. The topological polar surface area (TPSA) is 81.7 Å². The smallest absolute Gasteiger partial charge is 0.281 e. The van der Waals surface area contributed by atoms with E-state index in [4.69, 9.17) is 4.74 Å². The van der Waals surface area contributed by atoms with Gasteiger partial charge in [0.1, 0.15) is 12.1 Å². The minimum Gasteiger partial charge on any atom is -0.494 e. The van der Waals surface area contributed by atoms with Crippen molar-refractivity contribution in [2.24, 2.45) is 11.0 Å². The Morgan fingerprint density at radius 3 is 2.84 bits per heavy atom. The molecule has 0 radical (unpaired) electrons. The number of hydrogen-bond donors (Lipinski definition) is 0. The third-order valence-corrected chi connectivity index (χ3v) is 7.31. The fraction of sp³-hybridized carbons (Fsp3) is 0.310. The number of rotatable bonds is 6. The summed E-state index contributed by atoms with van der Waals surface area (Å²) < 4.78 is 9.18. The molecule has 0 spiro atoms. The van der Waals surface area contributed by atoms with Gasteiger partial charge in [-0.2, -0.15) is 9.78 Å². The van der Waals surface area contributed by atoms with Crippen LogP contribution >= 0.6 is 0 Å². The highest BCUT2D eigenvalue weighted by Crippen LogP contribution is 2.36. The van der Waals surface area contributed by atoms with Crippen LogP contribution in [0.4, 0.5) is 0 Å². The molecule has 8 nitrogen and oxygen atoms in total. The van der Waals surface area contributed by atoms with E-state index in [1.165, 1.54) is 11.0 Å². The fourth-order valence-corrected chi connectivity index (χ4v) is 5.74. The van der Waals surface area contributed by atoms with Crippen LogP contribution in [0.25, 0.3) is 10.9 Å². The average molecular weight is 496 g/mol. The van der Waals surface area contributed by atoms with Crippen molar-refractivity contribution >= 4 is 17.1 Å². The monoisotopic (exact) mass is 495 g/mol. The molecule has 2 bridgehead atoms. The van der Waals surface area contributed by atoms with Crippen LogP contribution in [0.2, 0.25) is 0 Å². The third-order valence-electron chi connectivity index (χ3n) is 7.31. The van der Waals surface area contributed by atoms with E-state index in [0.29, 0.717) is 29.3 Å². The van der Waals surface area contributed by atoms with E-state index in [1.807, 2.05) is 47.9 Å². The fourth-order valence-electron chi connectivity index (χ4n) is 5.74. The first-order valence-electron chi connectivity index (χ1n) is 12.8. The van der Waals surface area contributed by atoms with Gasteiger partial charge in [-0.15, -0.1) is 0 Å². The lowest BCUT2D eigenvalue weighted by Crippen LogP contribution is -2.46. The Morgan fingerprint density at radius 2 is 1.95 bits per heavy atom. The molecule has 4 heterocycles. The Labute approximate surface area is 214 Å². The van der Waals surface area contributed by atoms with Gasteiger partial charge in [0.05, 0.1) is 23.7 Å². The molecule has 2 aromatic heterocycles. The van der Waals surface area contributed by atoms with Crippen molar-refractivity contribution in [2.75, 3.05) is 19.7 Å². The predicted octanol–water partition coefficient (Wildman–Crippen LogP) is 3.46. The number of aromatic nitrogens is 3. The number of nitrogens with zero attached hydrogens (tertiary/aromatic N) is 5. The van der Waals surface area contributed by atoms with Gasteiger partial charge in [-0.3, -0.25) is 14.5 Å².